The summed E-state index contributed by atoms with van der Waals surface area (Å²) in [6, 6.07) is 28.6. The summed E-state index contributed by atoms with van der Waals surface area (Å²) in [6.07, 6.45) is 1.60. The fraction of sp³-hybridized carbons (Fsp3) is 0.100. The van der Waals surface area contributed by atoms with Gasteiger partial charge in [-0.1, -0.05) is 88.2 Å². The Morgan fingerprint density at radius 2 is 1.76 bits per heavy atom. The zero-order valence-electron chi connectivity index (χ0n) is 20.4. The molecule has 5 rings (SSSR count). The molecule has 0 bridgehead atoms. The number of halogens is 1. The van der Waals surface area contributed by atoms with Crippen LogP contribution in [0, 0.1) is 6.92 Å². The Bertz CT molecular complexity index is 1660. The average molecular weight is 554 g/mol. The molecule has 0 aliphatic carbocycles. The molecule has 7 heteroatoms. The number of rotatable bonds is 7. The van der Waals surface area contributed by atoms with Crippen molar-refractivity contribution in [2.45, 2.75) is 13.5 Å². The van der Waals surface area contributed by atoms with Gasteiger partial charge in [-0.25, -0.2) is 4.98 Å². The van der Waals surface area contributed by atoms with E-state index in [0.29, 0.717) is 40.4 Å². The third kappa shape index (κ3) is 5.32. The lowest BCUT2D eigenvalue weighted by Crippen LogP contribution is -2.20. The number of aromatic nitrogens is 2. The van der Waals surface area contributed by atoms with E-state index >= 15 is 0 Å². The zero-order chi connectivity index (χ0) is 25.8. The lowest BCUT2D eigenvalue weighted by molar-refractivity contribution is 0.284. The molecule has 6 nitrogen and oxygen atoms in total. The van der Waals surface area contributed by atoms with Crippen LogP contribution in [0.5, 0.6) is 11.5 Å². The standard InChI is InChI=1S/C30H24BrN3O3/c1-20-9-8-10-21(15-20)19-37-28-23(16-24(31)17-27(28)36-2)18-32-34-29(22-11-4-3-5-12-22)33-26-14-7-6-13-25(26)30(34)35/h3-18H,19H2,1-2H3. The van der Waals surface area contributed by atoms with Crippen molar-refractivity contribution in [1.82, 2.24) is 9.66 Å². The third-order valence-corrected chi connectivity index (χ3v) is 6.29. The third-order valence-electron chi connectivity index (χ3n) is 5.83. The van der Waals surface area contributed by atoms with Crippen molar-refractivity contribution in [1.29, 1.82) is 0 Å². The van der Waals surface area contributed by atoms with E-state index in [1.165, 1.54) is 4.68 Å². The number of benzene rings is 4. The normalized spacial score (nSPS) is 11.2. The summed E-state index contributed by atoms with van der Waals surface area (Å²) in [5.74, 6) is 1.53. The number of ether oxygens (including phenoxy) is 2. The fourth-order valence-corrected chi connectivity index (χ4v) is 4.53. The smallest absolute Gasteiger partial charge is 0.282 e. The lowest BCUT2D eigenvalue weighted by atomic mass is 10.1. The number of hydrogen-bond acceptors (Lipinski definition) is 5. The van der Waals surface area contributed by atoms with Crippen molar-refractivity contribution >= 4 is 33.0 Å². The van der Waals surface area contributed by atoms with Gasteiger partial charge in [0.1, 0.15) is 6.61 Å². The van der Waals surface area contributed by atoms with E-state index in [4.69, 9.17) is 14.5 Å². The van der Waals surface area contributed by atoms with Crippen molar-refractivity contribution in [2.75, 3.05) is 7.11 Å². The number of nitrogens with zero attached hydrogens (tertiary/aromatic N) is 3. The molecule has 4 aromatic carbocycles. The van der Waals surface area contributed by atoms with Crippen molar-refractivity contribution in [3.63, 3.8) is 0 Å². The highest BCUT2D eigenvalue weighted by atomic mass is 79.9. The van der Waals surface area contributed by atoms with Crippen molar-refractivity contribution in [3.05, 3.63) is 123 Å². The molecule has 0 fully saturated rings. The number of hydrogen-bond donors (Lipinski definition) is 0. The van der Waals surface area contributed by atoms with Gasteiger partial charge in [0.05, 0.1) is 24.2 Å². The van der Waals surface area contributed by atoms with Gasteiger partial charge in [0.2, 0.25) is 0 Å². The first-order chi connectivity index (χ1) is 18.0. The Morgan fingerprint density at radius 3 is 2.54 bits per heavy atom. The van der Waals surface area contributed by atoms with Crippen LogP contribution in [0.25, 0.3) is 22.3 Å². The highest BCUT2D eigenvalue weighted by Crippen LogP contribution is 2.35. The maximum absolute atomic E-state index is 13.5. The van der Waals surface area contributed by atoms with Crippen LogP contribution in [0.3, 0.4) is 0 Å². The van der Waals surface area contributed by atoms with E-state index in [-0.39, 0.29) is 5.56 Å². The summed E-state index contributed by atoms with van der Waals surface area (Å²) in [6.45, 7) is 2.40. The fourth-order valence-electron chi connectivity index (χ4n) is 4.07. The van der Waals surface area contributed by atoms with Crippen LogP contribution < -0.4 is 15.0 Å². The van der Waals surface area contributed by atoms with Gasteiger partial charge in [-0.05, 0) is 36.8 Å². The second-order valence-electron chi connectivity index (χ2n) is 8.48. The number of methoxy groups -OCH3 is 1. The summed E-state index contributed by atoms with van der Waals surface area (Å²) < 4.78 is 13.9. The van der Waals surface area contributed by atoms with E-state index in [0.717, 1.165) is 21.2 Å². The minimum Gasteiger partial charge on any atom is -0.493 e. The molecule has 0 aliphatic heterocycles. The van der Waals surface area contributed by atoms with Gasteiger partial charge in [0.15, 0.2) is 17.3 Å². The largest absolute Gasteiger partial charge is 0.493 e. The Balaban J connectivity index is 1.61. The van der Waals surface area contributed by atoms with Crippen LogP contribution in [-0.4, -0.2) is 23.0 Å². The molecule has 0 aliphatic rings. The van der Waals surface area contributed by atoms with Gasteiger partial charge in [0.25, 0.3) is 5.56 Å². The van der Waals surface area contributed by atoms with Gasteiger partial charge in [-0.3, -0.25) is 4.79 Å². The first-order valence-electron chi connectivity index (χ1n) is 11.7. The molecule has 0 unspecified atom stereocenters. The molecule has 1 heterocycles. The van der Waals surface area contributed by atoms with Gasteiger partial charge in [0, 0.05) is 15.6 Å². The Morgan fingerprint density at radius 1 is 0.973 bits per heavy atom. The summed E-state index contributed by atoms with van der Waals surface area (Å²) in [7, 11) is 1.59. The molecule has 0 radical (unpaired) electrons. The van der Waals surface area contributed by atoms with Gasteiger partial charge >= 0.3 is 0 Å². The maximum Gasteiger partial charge on any atom is 0.282 e. The Labute approximate surface area is 223 Å². The van der Waals surface area contributed by atoms with E-state index in [2.05, 4.69) is 27.1 Å². The summed E-state index contributed by atoms with van der Waals surface area (Å²) in [5, 5.41) is 5.10. The summed E-state index contributed by atoms with van der Waals surface area (Å²) in [5.41, 5.74) is 3.98. The molecule has 0 amide bonds. The van der Waals surface area contributed by atoms with Gasteiger partial charge < -0.3 is 9.47 Å². The molecule has 37 heavy (non-hydrogen) atoms. The monoisotopic (exact) mass is 553 g/mol. The van der Waals surface area contributed by atoms with Crippen LogP contribution in [0.15, 0.2) is 105 Å². The molecule has 0 saturated heterocycles. The highest BCUT2D eigenvalue weighted by Gasteiger charge is 2.15. The van der Waals surface area contributed by atoms with Crippen LogP contribution in [0.1, 0.15) is 16.7 Å². The molecule has 0 spiro atoms. The van der Waals surface area contributed by atoms with Crippen molar-refractivity contribution in [2.24, 2.45) is 5.10 Å². The predicted molar refractivity (Wildman–Crippen MR) is 151 cm³/mol. The van der Waals surface area contributed by atoms with Crippen molar-refractivity contribution < 1.29 is 9.47 Å². The highest BCUT2D eigenvalue weighted by molar-refractivity contribution is 9.10. The maximum atomic E-state index is 13.5. The molecule has 0 N–H and O–H groups in total. The first kappa shape index (κ1) is 24.5. The van der Waals surface area contributed by atoms with E-state index < -0.39 is 0 Å². The lowest BCUT2D eigenvalue weighted by Gasteiger charge is -2.15. The summed E-state index contributed by atoms with van der Waals surface area (Å²) >= 11 is 3.54. The molecule has 0 atom stereocenters. The Kier molecular flexibility index (Phi) is 7.14. The predicted octanol–water partition coefficient (Wildman–Crippen LogP) is 6.60. The summed E-state index contributed by atoms with van der Waals surface area (Å²) in [4.78, 5) is 18.3. The second-order valence-corrected chi connectivity index (χ2v) is 9.40. The second kappa shape index (κ2) is 10.8. The van der Waals surface area contributed by atoms with E-state index in [9.17, 15) is 4.79 Å². The molecular formula is C30H24BrN3O3. The average Bonchev–Trinajstić information content (AvgIpc) is 2.92. The quantitative estimate of drug-likeness (QED) is 0.213. The first-order valence-corrected chi connectivity index (χ1v) is 12.5. The molecule has 0 saturated carbocycles. The van der Waals surface area contributed by atoms with Crippen LogP contribution in [-0.2, 0) is 6.61 Å². The van der Waals surface area contributed by atoms with Gasteiger partial charge in [-0.15, -0.1) is 0 Å². The van der Waals surface area contributed by atoms with Crippen LogP contribution in [0.2, 0.25) is 0 Å². The molecule has 5 aromatic rings. The number of aryl methyl sites for hydroxylation is 1. The van der Waals surface area contributed by atoms with Gasteiger partial charge in [-0.2, -0.15) is 9.78 Å². The van der Waals surface area contributed by atoms with E-state index in [1.54, 1.807) is 19.4 Å². The molecular weight excluding hydrogens is 530 g/mol. The number of fused-ring (bicyclic) bond motifs is 1. The zero-order valence-corrected chi connectivity index (χ0v) is 22.0. The SMILES string of the molecule is COc1cc(Br)cc(C=Nn2c(-c3ccccc3)nc3ccccc3c2=O)c1OCc1cccc(C)c1. The molecule has 1 aromatic heterocycles. The van der Waals surface area contributed by atoms with Crippen LogP contribution >= 0.6 is 15.9 Å². The van der Waals surface area contributed by atoms with Crippen LogP contribution in [0.4, 0.5) is 0 Å². The topological polar surface area (TPSA) is 65.7 Å². The molecule has 184 valence electrons. The minimum atomic E-state index is -0.259. The van der Waals surface area contributed by atoms with Crippen molar-refractivity contribution in [3.8, 4) is 22.9 Å². The van der Waals surface area contributed by atoms with E-state index in [1.807, 2.05) is 85.8 Å². The minimum absolute atomic E-state index is 0.259. The number of para-hydroxylation sites is 1. The Hall–Kier alpha value is -4.23.